The molecule has 0 saturated heterocycles. The van der Waals surface area contributed by atoms with E-state index in [0.717, 1.165) is 24.8 Å². The van der Waals surface area contributed by atoms with Crippen LogP contribution in [0.3, 0.4) is 0 Å². The molecule has 5 nitrogen and oxygen atoms in total. The predicted molar refractivity (Wildman–Crippen MR) is 83.7 cm³/mol. The second-order valence-corrected chi connectivity index (χ2v) is 6.04. The predicted octanol–water partition coefficient (Wildman–Crippen LogP) is 1.85. The summed E-state index contributed by atoms with van der Waals surface area (Å²) in [6.07, 6.45) is 5.32. The summed E-state index contributed by atoms with van der Waals surface area (Å²) in [7, 11) is 0. The third-order valence-corrected chi connectivity index (χ3v) is 4.10. The number of aliphatic hydroxyl groups is 1. The highest BCUT2D eigenvalue weighted by Gasteiger charge is 2.31. The van der Waals surface area contributed by atoms with E-state index in [4.69, 9.17) is 0 Å². The minimum absolute atomic E-state index is 0.0476. The molecule has 2 amide bonds. The van der Waals surface area contributed by atoms with Gasteiger partial charge in [-0.2, -0.15) is 0 Å². The van der Waals surface area contributed by atoms with Gasteiger partial charge in [0.05, 0.1) is 12.0 Å². The van der Waals surface area contributed by atoms with Gasteiger partial charge in [-0.15, -0.1) is 0 Å². The Bertz CT molecular complexity index is 496. The third kappa shape index (κ3) is 5.48. The molecule has 0 heterocycles. The van der Waals surface area contributed by atoms with Gasteiger partial charge in [0.2, 0.25) is 11.8 Å². The number of carbonyl (C=O) groups is 2. The van der Waals surface area contributed by atoms with E-state index in [1.54, 1.807) is 0 Å². The van der Waals surface area contributed by atoms with Crippen LogP contribution in [0.4, 0.5) is 0 Å². The fraction of sp³-hybridized carbons (Fsp3) is 0.529. The topological polar surface area (TPSA) is 78.4 Å². The number of hydrazine groups is 1. The van der Waals surface area contributed by atoms with Crippen molar-refractivity contribution in [2.24, 2.45) is 0 Å². The fourth-order valence-corrected chi connectivity index (χ4v) is 2.83. The zero-order valence-corrected chi connectivity index (χ0v) is 12.8. The molecule has 22 heavy (non-hydrogen) atoms. The van der Waals surface area contributed by atoms with Crippen molar-refractivity contribution >= 4 is 11.8 Å². The maximum absolute atomic E-state index is 11.8. The highest BCUT2D eigenvalue weighted by atomic mass is 16.3. The molecule has 1 aromatic carbocycles. The molecular weight excluding hydrogens is 280 g/mol. The summed E-state index contributed by atoms with van der Waals surface area (Å²) in [4.78, 5) is 23.5. The molecule has 0 spiro atoms. The van der Waals surface area contributed by atoms with Gasteiger partial charge in [0, 0.05) is 6.42 Å². The van der Waals surface area contributed by atoms with E-state index in [2.05, 4.69) is 10.9 Å². The largest absolute Gasteiger partial charge is 0.389 e. The molecule has 0 radical (unpaired) electrons. The van der Waals surface area contributed by atoms with E-state index in [1.807, 2.05) is 30.3 Å². The summed E-state index contributed by atoms with van der Waals surface area (Å²) >= 11 is 0. The van der Waals surface area contributed by atoms with Crippen LogP contribution < -0.4 is 10.9 Å². The lowest BCUT2D eigenvalue weighted by Gasteiger charge is -2.31. The average molecular weight is 304 g/mol. The molecule has 0 aromatic heterocycles. The first-order chi connectivity index (χ1) is 10.6. The molecule has 120 valence electrons. The Morgan fingerprint density at radius 2 is 1.64 bits per heavy atom. The van der Waals surface area contributed by atoms with Crippen LogP contribution in [0.5, 0.6) is 0 Å². The van der Waals surface area contributed by atoms with Crippen molar-refractivity contribution in [3.05, 3.63) is 35.9 Å². The van der Waals surface area contributed by atoms with Crippen LogP contribution in [-0.4, -0.2) is 22.5 Å². The van der Waals surface area contributed by atoms with Gasteiger partial charge < -0.3 is 5.11 Å². The number of nitrogens with one attached hydrogen (secondary N) is 2. The minimum atomic E-state index is -0.906. The van der Waals surface area contributed by atoms with E-state index < -0.39 is 5.60 Å². The summed E-state index contributed by atoms with van der Waals surface area (Å²) in [6, 6.07) is 9.72. The molecule has 1 aliphatic carbocycles. The molecule has 2 rings (SSSR count). The van der Waals surface area contributed by atoms with E-state index in [0.29, 0.717) is 25.7 Å². The molecule has 1 saturated carbocycles. The highest BCUT2D eigenvalue weighted by Crippen LogP contribution is 2.30. The van der Waals surface area contributed by atoms with Crippen molar-refractivity contribution in [2.75, 3.05) is 0 Å². The van der Waals surface area contributed by atoms with Crippen molar-refractivity contribution in [3.8, 4) is 0 Å². The van der Waals surface area contributed by atoms with Gasteiger partial charge >= 0.3 is 0 Å². The summed E-state index contributed by atoms with van der Waals surface area (Å²) in [5.74, 6) is -0.565. The Morgan fingerprint density at radius 3 is 2.32 bits per heavy atom. The van der Waals surface area contributed by atoms with Gasteiger partial charge in [-0.25, -0.2) is 0 Å². The Balaban J connectivity index is 1.66. The van der Waals surface area contributed by atoms with Crippen LogP contribution in [-0.2, 0) is 16.0 Å². The van der Waals surface area contributed by atoms with E-state index >= 15 is 0 Å². The Hall–Kier alpha value is -1.88. The molecule has 5 heteroatoms. The SMILES string of the molecule is O=C(CCc1ccccc1)NNC(=O)CC1(O)CCCCC1. The van der Waals surface area contributed by atoms with Crippen molar-refractivity contribution in [1.82, 2.24) is 10.9 Å². The van der Waals surface area contributed by atoms with Crippen LogP contribution in [0.2, 0.25) is 0 Å². The monoisotopic (exact) mass is 304 g/mol. The molecular formula is C17H24N2O3. The number of hydrogen-bond donors (Lipinski definition) is 3. The quantitative estimate of drug-likeness (QED) is 0.726. The van der Waals surface area contributed by atoms with Crippen LogP contribution in [0, 0.1) is 0 Å². The summed E-state index contributed by atoms with van der Waals surface area (Å²) in [6.45, 7) is 0. The van der Waals surface area contributed by atoms with Crippen LogP contribution in [0.1, 0.15) is 50.5 Å². The number of rotatable bonds is 5. The van der Waals surface area contributed by atoms with Crippen molar-refractivity contribution < 1.29 is 14.7 Å². The zero-order valence-electron chi connectivity index (χ0n) is 12.8. The Labute approximate surface area is 131 Å². The molecule has 1 fully saturated rings. The van der Waals surface area contributed by atoms with Gasteiger partial charge in [0.1, 0.15) is 0 Å². The summed E-state index contributed by atoms with van der Waals surface area (Å²) < 4.78 is 0. The second-order valence-electron chi connectivity index (χ2n) is 6.04. The maximum atomic E-state index is 11.8. The minimum Gasteiger partial charge on any atom is -0.389 e. The van der Waals surface area contributed by atoms with Gasteiger partial charge in [0.25, 0.3) is 0 Å². The number of aryl methyl sites for hydroxylation is 1. The summed E-state index contributed by atoms with van der Waals surface area (Å²) in [5.41, 5.74) is 4.98. The van der Waals surface area contributed by atoms with E-state index in [9.17, 15) is 14.7 Å². The molecule has 1 aliphatic rings. The van der Waals surface area contributed by atoms with Crippen LogP contribution in [0.25, 0.3) is 0 Å². The maximum Gasteiger partial charge on any atom is 0.241 e. The number of amides is 2. The average Bonchev–Trinajstić information content (AvgIpc) is 2.52. The number of hydrogen-bond acceptors (Lipinski definition) is 3. The third-order valence-electron chi connectivity index (χ3n) is 4.10. The van der Waals surface area contributed by atoms with Crippen molar-refractivity contribution in [1.29, 1.82) is 0 Å². The second kappa shape index (κ2) is 7.94. The normalized spacial score (nSPS) is 16.8. The van der Waals surface area contributed by atoms with Crippen molar-refractivity contribution in [3.63, 3.8) is 0 Å². The lowest BCUT2D eigenvalue weighted by molar-refractivity contribution is -0.132. The smallest absolute Gasteiger partial charge is 0.241 e. The standard InChI is InChI=1S/C17H24N2O3/c20-15(10-9-14-7-3-1-4-8-14)18-19-16(21)13-17(22)11-5-2-6-12-17/h1,3-4,7-8,22H,2,5-6,9-13H2,(H,18,20)(H,19,21). The Morgan fingerprint density at radius 1 is 1.00 bits per heavy atom. The van der Waals surface area contributed by atoms with Crippen molar-refractivity contribution in [2.45, 2.75) is 57.0 Å². The van der Waals surface area contributed by atoms with E-state index in [-0.39, 0.29) is 18.2 Å². The van der Waals surface area contributed by atoms with Crippen LogP contribution >= 0.6 is 0 Å². The van der Waals surface area contributed by atoms with Gasteiger partial charge in [-0.05, 0) is 24.8 Å². The molecule has 0 atom stereocenters. The molecule has 1 aromatic rings. The lowest BCUT2D eigenvalue weighted by Crippen LogP contribution is -2.45. The first kappa shape index (κ1) is 16.5. The number of carbonyl (C=O) groups excluding carboxylic acids is 2. The molecule has 3 N–H and O–H groups in total. The van der Waals surface area contributed by atoms with Crippen LogP contribution in [0.15, 0.2) is 30.3 Å². The molecule has 0 bridgehead atoms. The van der Waals surface area contributed by atoms with E-state index in [1.165, 1.54) is 0 Å². The highest BCUT2D eigenvalue weighted by molar-refractivity contribution is 5.82. The van der Waals surface area contributed by atoms with Gasteiger partial charge in [-0.3, -0.25) is 20.4 Å². The molecule has 0 aliphatic heterocycles. The number of benzene rings is 1. The van der Waals surface area contributed by atoms with Gasteiger partial charge in [-0.1, -0.05) is 49.6 Å². The summed E-state index contributed by atoms with van der Waals surface area (Å²) in [5, 5.41) is 10.3. The Kier molecular flexibility index (Phi) is 5.95. The first-order valence-corrected chi connectivity index (χ1v) is 7.91. The lowest BCUT2D eigenvalue weighted by atomic mass is 9.82. The first-order valence-electron chi connectivity index (χ1n) is 7.91. The molecule has 0 unspecified atom stereocenters. The van der Waals surface area contributed by atoms with Gasteiger partial charge in [0.15, 0.2) is 0 Å². The fourth-order valence-electron chi connectivity index (χ4n) is 2.83. The zero-order chi connectivity index (χ0) is 15.8.